The number of hydrogen-bond acceptors (Lipinski definition) is 0. The largest absolute Gasteiger partial charge is 0.416 e. The molecule has 0 saturated heterocycles. The average Bonchev–Trinajstić information content (AvgIpc) is 2.37. The smallest absolute Gasteiger partial charge is 0.207 e. The Morgan fingerprint density at radius 3 is 2.11 bits per heavy atom. The van der Waals surface area contributed by atoms with Crippen LogP contribution in [-0.4, -0.2) is 0 Å². The van der Waals surface area contributed by atoms with E-state index in [-0.39, 0.29) is 11.4 Å². The fourth-order valence-electron chi connectivity index (χ4n) is 1.90. The van der Waals surface area contributed by atoms with Crippen LogP contribution in [0.4, 0.5) is 17.6 Å². The maximum atomic E-state index is 12.9. The molecule has 2 aromatic rings. The molecule has 100 valence electrons. The fraction of sp³-hybridized carbons (Fsp3) is 0.143. The summed E-state index contributed by atoms with van der Waals surface area (Å²) in [6, 6.07) is 9.12. The first-order chi connectivity index (χ1) is 8.93. The Bertz CT molecular complexity index is 573. The van der Waals surface area contributed by atoms with Gasteiger partial charge in [-0.2, -0.15) is 13.2 Å². The maximum Gasteiger partial charge on any atom is 0.416 e. The lowest BCUT2D eigenvalue weighted by atomic mass is 9.96. The molecule has 0 nitrogen and oxygen atoms in total. The Balaban J connectivity index is 2.61. The van der Waals surface area contributed by atoms with Crippen LogP contribution in [-0.2, 0) is 12.1 Å². The van der Waals surface area contributed by atoms with Crippen LogP contribution in [0.25, 0.3) is 11.1 Å². The molecule has 0 heterocycles. The van der Waals surface area contributed by atoms with Gasteiger partial charge >= 0.3 is 6.18 Å². The summed E-state index contributed by atoms with van der Waals surface area (Å²) < 4.78 is 51.5. The van der Waals surface area contributed by atoms with Crippen molar-refractivity contribution in [2.45, 2.75) is 12.1 Å². The Morgan fingerprint density at radius 2 is 1.58 bits per heavy atom. The van der Waals surface area contributed by atoms with Crippen molar-refractivity contribution in [3.8, 4) is 11.1 Å². The zero-order valence-corrected chi connectivity index (χ0v) is 10.4. The fourth-order valence-corrected chi connectivity index (χ4v) is 2.18. The van der Waals surface area contributed by atoms with Crippen LogP contribution >= 0.6 is 11.6 Å². The second-order valence-corrected chi connectivity index (χ2v) is 4.24. The van der Waals surface area contributed by atoms with E-state index in [1.807, 2.05) is 0 Å². The molecule has 0 N–H and O–H groups in total. The third-order valence-corrected chi connectivity index (χ3v) is 3.04. The summed E-state index contributed by atoms with van der Waals surface area (Å²) >= 11 is 5.65. The second-order valence-electron chi connectivity index (χ2n) is 3.97. The highest BCUT2D eigenvalue weighted by atomic mass is 35.5. The predicted octanol–water partition coefficient (Wildman–Crippen LogP) is 5.25. The van der Waals surface area contributed by atoms with Gasteiger partial charge in [0.1, 0.15) is 5.82 Å². The van der Waals surface area contributed by atoms with Gasteiger partial charge in [-0.1, -0.05) is 24.3 Å². The molecule has 0 aromatic heterocycles. The van der Waals surface area contributed by atoms with Crippen molar-refractivity contribution in [1.82, 2.24) is 0 Å². The van der Waals surface area contributed by atoms with Crippen molar-refractivity contribution in [2.75, 3.05) is 0 Å². The highest BCUT2D eigenvalue weighted by molar-refractivity contribution is 6.17. The number of rotatable bonds is 2. The summed E-state index contributed by atoms with van der Waals surface area (Å²) in [6.07, 6.45) is -4.46. The van der Waals surface area contributed by atoms with Gasteiger partial charge in [-0.3, -0.25) is 0 Å². The monoisotopic (exact) mass is 288 g/mol. The van der Waals surface area contributed by atoms with Crippen LogP contribution < -0.4 is 0 Å². The van der Waals surface area contributed by atoms with Crippen molar-refractivity contribution >= 4 is 11.6 Å². The van der Waals surface area contributed by atoms with Crippen LogP contribution in [0.3, 0.4) is 0 Å². The summed E-state index contributed by atoms with van der Waals surface area (Å²) in [4.78, 5) is 0. The molecule has 2 rings (SSSR count). The molecule has 0 radical (unpaired) electrons. The maximum absolute atomic E-state index is 12.9. The van der Waals surface area contributed by atoms with E-state index < -0.39 is 17.6 Å². The van der Waals surface area contributed by atoms with E-state index in [0.717, 1.165) is 6.07 Å². The Hall–Kier alpha value is -1.55. The van der Waals surface area contributed by atoms with Crippen LogP contribution in [0.1, 0.15) is 11.1 Å². The van der Waals surface area contributed by atoms with Gasteiger partial charge in [-0.15, -0.1) is 11.6 Å². The van der Waals surface area contributed by atoms with E-state index in [0.29, 0.717) is 11.1 Å². The minimum absolute atomic E-state index is 0.00303. The minimum atomic E-state index is -4.46. The summed E-state index contributed by atoms with van der Waals surface area (Å²) in [5, 5.41) is 0. The zero-order valence-electron chi connectivity index (χ0n) is 9.64. The Morgan fingerprint density at radius 1 is 0.947 bits per heavy atom. The first kappa shape index (κ1) is 13.9. The first-order valence-corrected chi connectivity index (χ1v) is 5.98. The molecule has 0 fully saturated rings. The quantitative estimate of drug-likeness (QED) is 0.523. The lowest BCUT2D eigenvalue weighted by molar-refractivity contribution is -0.138. The second kappa shape index (κ2) is 5.21. The molecule has 19 heavy (non-hydrogen) atoms. The van der Waals surface area contributed by atoms with Gasteiger partial charge in [-0.05, 0) is 34.9 Å². The highest BCUT2D eigenvalue weighted by Gasteiger charge is 2.33. The number of benzene rings is 2. The Labute approximate surface area is 112 Å². The van der Waals surface area contributed by atoms with E-state index in [4.69, 9.17) is 11.6 Å². The molecule has 0 aliphatic carbocycles. The molecule has 0 amide bonds. The summed E-state index contributed by atoms with van der Waals surface area (Å²) in [5.74, 6) is -0.703. The molecular weight excluding hydrogens is 280 g/mol. The molecule has 0 aliphatic rings. The number of alkyl halides is 4. The van der Waals surface area contributed by atoms with Crippen molar-refractivity contribution < 1.29 is 17.6 Å². The van der Waals surface area contributed by atoms with Gasteiger partial charge in [0.2, 0.25) is 0 Å². The Kier molecular flexibility index (Phi) is 3.80. The molecule has 2 aromatic carbocycles. The average molecular weight is 289 g/mol. The van der Waals surface area contributed by atoms with E-state index in [1.54, 1.807) is 6.07 Å². The van der Waals surface area contributed by atoms with Gasteiger partial charge in [0.15, 0.2) is 0 Å². The van der Waals surface area contributed by atoms with Gasteiger partial charge < -0.3 is 0 Å². The standard InChI is InChI=1S/C14H9ClF4/c15-8-12-11(9-4-6-10(16)7-5-9)2-1-3-13(12)14(17,18)19/h1-7H,8H2. The topological polar surface area (TPSA) is 0 Å². The summed E-state index contributed by atoms with van der Waals surface area (Å²) in [7, 11) is 0. The van der Waals surface area contributed by atoms with Crippen molar-refractivity contribution in [1.29, 1.82) is 0 Å². The van der Waals surface area contributed by atoms with E-state index in [1.165, 1.54) is 30.3 Å². The third kappa shape index (κ3) is 2.89. The molecular formula is C14H9ClF4. The first-order valence-electron chi connectivity index (χ1n) is 5.44. The van der Waals surface area contributed by atoms with Gasteiger partial charge in [0.05, 0.1) is 5.56 Å². The molecule has 5 heteroatoms. The number of hydrogen-bond donors (Lipinski definition) is 0. The molecule has 0 atom stereocenters. The normalized spacial score (nSPS) is 11.6. The number of halogens is 5. The van der Waals surface area contributed by atoms with Crippen molar-refractivity contribution in [3.63, 3.8) is 0 Å². The van der Waals surface area contributed by atoms with Gasteiger partial charge in [-0.25, -0.2) is 4.39 Å². The molecule has 0 unspecified atom stereocenters. The summed E-state index contributed by atoms with van der Waals surface area (Å²) in [6.45, 7) is 0. The lowest BCUT2D eigenvalue weighted by Gasteiger charge is -2.15. The SMILES string of the molecule is Fc1ccc(-c2cccc(C(F)(F)F)c2CCl)cc1. The van der Waals surface area contributed by atoms with Crippen molar-refractivity contribution in [3.05, 3.63) is 59.4 Å². The van der Waals surface area contributed by atoms with Crippen LogP contribution in [0, 0.1) is 5.82 Å². The summed E-state index contributed by atoms with van der Waals surface area (Å²) in [5.41, 5.74) is 0.112. The van der Waals surface area contributed by atoms with Crippen LogP contribution in [0.5, 0.6) is 0 Å². The van der Waals surface area contributed by atoms with E-state index in [9.17, 15) is 17.6 Å². The highest BCUT2D eigenvalue weighted by Crippen LogP contribution is 2.37. The third-order valence-electron chi connectivity index (χ3n) is 2.77. The molecule has 0 bridgehead atoms. The molecule has 0 spiro atoms. The van der Waals surface area contributed by atoms with Crippen LogP contribution in [0.15, 0.2) is 42.5 Å². The van der Waals surface area contributed by atoms with Gasteiger partial charge in [0, 0.05) is 5.88 Å². The molecule has 0 aliphatic heterocycles. The zero-order chi connectivity index (χ0) is 14.0. The van der Waals surface area contributed by atoms with E-state index in [2.05, 4.69) is 0 Å². The van der Waals surface area contributed by atoms with Crippen LogP contribution in [0.2, 0.25) is 0 Å². The van der Waals surface area contributed by atoms with Crippen molar-refractivity contribution in [2.24, 2.45) is 0 Å². The van der Waals surface area contributed by atoms with E-state index >= 15 is 0 Å². The lowest BCUT2D eigenvalue weighted by Crippen LogP contribution is -2.09. The molecule has 0 saturated carbocycles. The van der Waals surface area contributed by atoms with Gasteiger partial charge in [0.25, 0.3) is 0 Å². The minimum Gasteiger partial charge on any atom is -0.207 e. The predicted molar refractivity (Wildman–Crippen MR) is 66.4 cm³/mol.